The van der Waals surface area contributed by atoms with Gasteiger partial charge in [-0.05, 0) is 29.8 Å². The van der Waals surface area contributed by atoms with Crippen LogP contribution in [0.15, 0.2) is 58.2 Å². The fourth-order valence-electron chi connectivity index (χ4n) is 2.43. The smallest absolute Gasteiger partial charge is 0.265 e. The van der Waals surface area contributed by atoms with Gasteiger partial charge in [0.2, 0.25) is 5.69 Å². The van der Waals surface area contributed by atoms with Crippen molar-refractivity contribution in [1.82, 2.24) is 15.2 Å². The van der Waals surface area contributed by atoms with E-state index in [-0.39, 0.29) is 12.2 Å². The van der Waals surface area contributed by atoms with Gasteiger partial charge in [-0.2, -0.15) is 10.2 Å². The molecule has 0 atom stereocenters. The lowest BCUT2D eigenvalue weighted by Crippen LogP contribution is -2.19. The predicted octanol–water partition coefficient (Wildman–Crippen LogP) is 4.67. The van der Waals surface area contributed by atoms with E-state index in [1.807, 2.05) is 24.3 Å². The summed E-state index contributed by atoms with van der Waals surface area (Å²) in [5, 5.41) is 19.9. The van der Waals surface area contributed by atoms with Crippen LogP contribution in [0.4, 0.5) is 5.69 Å². The van der Waals surface area contributed by atoms with Crippen molar-refractivity contribution >= 4 is 56.9 Å². The van der Waals surface area contributed by atoms with Crippen molar-refractivity contribution in [2.75, 3.05) is 0 Å². The summed E-state index contributed by atoms with van der Waals surface area (Å²) in [6.07, 6.45) is 2.51. The van der Waals surface area contributed by atoms with Crippen molar-refractivity contribution in [3.8, 4) is 0 Å². The average molecular weight is 497 g/mol. The fourth-order valence-corrected chi connectivity index (χ4v) is 3.33. The molecule has 29 heavy (non-hydrogen) atoms. The van der Waals surface area contributed by atoms with E-state index in [2.05, 4.69) is 31.6 Å². The number of halogens is 3. The number of nitro groups is 1. The second kappa shape index (κ2) is 9.17. The van der Waals surface area contributed by atoms with Crippen LogP contribution in [-0.2, 0) is 6.54 Å². The van der Waals surface area contributed by atoms with Gasteiger partial charge in [-0.25, -0.2) is 5.43 Å². The quantitative estimate of drug-likeness (QED) is 0.304. The normalized spacial score (nSPS) is 11.0. The first kappa shape index (κ1) is 21.0. The van der Waals surface area contributed by atoms with Gasteiger partial charge in [-0.15, -0.1) is 0 Å². The van der Waals surface area contributed by atoms with Crippen molar-refractivity contribution in [3.63, 3.8) is 0 Å². The molecule has 1 amide bonds. The number of carbonyl (C=O) groups is 1. The Labute approximate surface area is 183 Å². The van der Waals surface area contributed by atoms with Gasteiger partial charge in [0.25, 0.3) is 5.91 Å². The van der Waals surface area contributed by atoms with Crippen molar-refractivity contribution in [3.05, 3.63) is 90.1 Å². The molecule has 0 unspecified atom stereocenters. The number of rotatable bonds is 6. The van der Waals surface area contributed by atoms with E-state index in [4.69, 9.17) is 23.2 Å². The van der Waals surface area contributed by atoms with E-state index >= 15 is 0 Å². The third kappa shape index (κ3) is 5.41. The molecule has 0 aliphatic carbocycles. The van der Waals surface area contributed by atoms with E-state index in [9.17, 15) is 14.9 Å². The van der Waals surface area contributed by atoms with Crippen LogP contribution in [0.2, 0.25) is 10.0 Å². The molecule has 0 spiro atoms. The summed E-state index contributed by atoms with van der Waals surface area (Å²) in [4.78, 5) is 23.0. The van der Waals surface area contributed by atoms with E-state index in [0.717, 1.165) is 10.0 Å². The molecule has 1 heterocycles. The van der Waals surface area contributed by atoms with Crippen LogP contribution in [0.25, 0.3) is 0 Å². The molecule has 0 fully saturated rings. The van der Waals surface area contributed by atoms with Crippen LogP contribution >= 0.6 is 39.1 Å². The minimum absolute atomic E-state index is 0.261. The number of aromatic nitrogens is 2. The Morgan fingerprint density at radius 2 is 2.10 bits per heavy atom. The highest BCUT2D eigenvalue weighted by Gasteiger charge is 2.25. The van der Waals surface area contributed by atoms with Crippen molar-refractivity contribution in [2.24, 2.45) is 5.10 Å². The zero-order chi connectivity index (χ0) is 21.0. The van der Waals surface area contributed by atoms with Crippen LogP contribution in [0, 0.1) is 10.1 Å². The van der Waals surface area contributed by atoms with Crippen molar-refractivity contribution in [1.29, 1.82) is 0 Å². The maximum Gasteiger partial charge on any atom is 0.320 e. The third-order valence-electron chi connectivity index (χ3n) is 3.72. The number of nitrogens with zero attached hydrogens (tertiary/aromatic N) is 4. The van der Waals surface area contributed by atoms with E-state index < -0.39 is 16.5 Å². The largest absolute Gasteiger partial charge is 0.320 e. The van der Waals surface area contributed by atoms with Crippen LogP contribution in [0.1, 0.15) is 21.6 Å². The maximum atomic E-state index is 12.4. The number of hydrogen-bond acceptors (Lipinski definition) is 5. The highest BCUT2D eigenvalue weighted by atomic mass is 79.9. The number of hydrazone groups is 1. The van der Waals surface area contributed by atoms with Gasteiger partial charge in [0.15, 0.2) is 0 Å². The topological polar surface area (TPSA) is 102 Å². The number of nitrogens with one attached hydrogen (secondary N) is 1. The number of benzene rings is 2. The first-order valence-electron chi connectivity index (χ1n) is 8.08. The number of hydrogen-bond donors (Lipinski definition) is 1. The molecule has 148 valence electrons. The Bertz CT molecular complexity index is 1120. The summed E-state index contributed by atoms with van der Waals surface area (Å²) in [5.74, 6) is -0.814. The second-order valence-electron chi connectivity index (χ2n) is 5.81. The molecule has 3 aromatic rings. The highest BCUT2D eigenvalue weighted by molar-refractivity contribution is 9.10. The van der Waals surface area contributed by atoms with Crippen LogP contribution in [0.5, 0.6) is 0 Å². The molecule has 0 radical (unpaired) electrons. The zero-order valence-corrected chi connectivity index (χ0v) is 17.6. The lowest BCUT2D eigenvalue weighted by molar-refractivity contribution is -0.385. The Morgan fingerprint density at radius 1 is 1.31 bits per heavy atom. The average Bonchev–Trinajstić information content (AvgIpc) is 3.07. The number of carbonyl (C=O) groups excluding carboxylic acids is 1. The summed E-state index contributed by atoms with van der Waals surface area (Å²) in [6.45, 7) is 0.261. The third-order valence-corrected chi connectivity index (χ3v) is 4.78. The zero-order valence-electron chi connectivity index (χ0n) is 14.6. The fraction of sp³-hybridized carbons (Fsp3) is 0.0556. The lowest BCUT2D eigenvalue weighted by Gasteiger charge is -2.02. The number of amides is 1. The summed E-state index contributed by atoms with van der Waals surface area (Å²) in [5.41, 5.74) is 2.84. The second-order valence-corrected chi connectivity index (χ2v) is 7.57. The molecule has 0 saturated carbocycles. The lowest BCUT2D eigenvalue weighted by atomic mass is 10.2. The molecule has 0 aliphatic rings. The Hall–Kier alpha value is -2.75. The van der Waals surface area contributed by atoms with E-state index in [1.165, 1.54) is 23.2 Å². The van der Waals surface area contributed by atoms with Gasteiger partial charge < -0.3 is 0 Å². The van der Waals surface area contributed by atoms with Gasteiger partial charge in [-0.3, -0.25) is 19.6 Å². The van der Waals surface area contributed by atoms with Crippen molar-refractivity contribution in [2.45, 2.75) is 6.54 Å². The van der Waals surface area contributed by atoms with Crippen LogP contribution in [-0.4, -0.2) is 26.8 Å². The molecule has 0 saturated heterocycles. The van der Waals surface area contributed by atoms with Gasteiger partial charge >= 0.3 is 5.69 Å². The minimum Gasteiger partial charge on any atom is -0.265 e. The molecule has 0 aliphatic heterocycles. The standard InChI is InChI=1S/C18H12BrCl2N5O3/c19-13-3-1-2-11(6-13)9-25-10-16(26(28)29)17(24-25)18(27)23-22-8-12-4-5-14(20)7-15(12)21/h1-8,10H,9H2,(H,23,27)/b22-8+. The molecular formula is C18H12BrCl2N5O3. The summed E-state index contributed by atoms with van der Waals surface area (Å²) in [6, 6.07) is 12.2. The van der Waals surface area contributed by atoms with Gasteiger partial charge in [0, 0.05) is 15.1 Å². The maximum absolute atomic E-state index is 12.4. The van der Waals surface area contributed by atoms with Gasteiger partial charge in [0.1, 0.15) is 6.20 Å². The SMILES string of the molecule is O=C(N/N=C/c1ccc(Cl)cc1Cl)c1nn(Cc2cccc(Br)c2)cc1[N+](=O)[O-]. The molecule has 0 bridgehead atoms. The summed E-state index contributed by atoms with van der Waals surface area (Å²) in [7, 11) is 0. The minimum atomic E-state index is -0.814. The van der Waals surface area contributed by atoms with Crippen LogP contribution in [0.3, 0.4) is 0 Å². The first-order valence-corrected chi connectivity index (χ1v) is 9.63. The Balaban J connectivity index is 1.77. The first-order chi connectivity index (χ1) is 13.8. The van der Waals surface area contributed by atoms with E-state index in [1.54, 1.807) is 12.1 Å². The van der Waals surface area contributed by atoms with Crippen LogP contribution < -0.4 is 5.43 Å². The summed E-state index contributed by atoms with van der Waals surface area (Å²) < 4.78 is 2.19. The molecular weight excluding hydrogens is 485 g/mol. The monoisotopic (exact) mass is 495 g/mol. The highest BCUT2D eigenvalue weighted by Crippen LogP contribution is 2.20. The van der Waals surface area contributed by atoms with Crippen molar-refractivity contribution < 1.29 is 9.72 Å². The Morgan fingerprint density at radius 3 is 2.79 bits per heavy atom. The molecule has 1 N–H and O–H groups in total. The molecule has 3 rings (SSSR count). The molecule has 2 aromatic carbocycles. The summed E-state index contributed by atoms with van der Waals surface area (Å²) >= 11 is 15.2. The molecule has 1 aromatic heterocycles. The van der Waals surface area contributed by atoms with E-state index in [0.29, 0.717) is 15.6 Å². The predicted molar refractivity (Wildman–Crippen MR) is 114 cm³/mol. The Kier molecular flexibility index (Phi) is 6.63. The van der Waals surface area contributed by atoms with Gasteiger partial charge in [-0.1, -0.05) is 57.3 Å². The van der Waals surface area contributed by atoms with Gasteiger partial charge in [0.05, 0.1) is 22.7 Å². The molecule has 8 nitrogen and oxygen atoms in total. The molecule has 11 heteroatoms.